The number of methoxy groups -OCH3 is 2. The van der Waals surface area contributed by atoms with Gasteiger partial charge in [-0.3, -0.25) is 0 Å². The molecule has 0 bridgehead atoms. The van der Waals surface area contributed by atoms with E-state index >= 15 is 0 Å². The first-order valence-corrected chi connectivity index (χ1v) is 9.03. The van der Waals surface area contributed by atoms with Gasteiger partial charge in [0, 0.05) is 5.33 Å². The van der Waals surface area contributed by atoms with Gasteiger partial charge >= 0.3 is 5.97 Å². The van der Waals surface area contributed by atoms with Gasteiger partial charge in [-0.25, -0.2) is 23.5 Å². The highest BCUT2D eigenvalue weighted by Gasteiger charge is 2.27. The molecule has 0 spiro atoms. The van der Waals surface area contributed by atoms with E-state index in [0.717, 1.165) is 7.11 Å². The molecule has 2 aromatic rings. The number of nitrogens with zero attached hydrogens (tertiary/aromatic N) is 2. The molecule has 6 nitrogen and oxygen atoms in total. The van der Waals surface area contributed by atoms with Crippen molar-refractivity contribution in [3.05, 3.63) is 32.8 Å². The Morgan fingerprint density at radius 2 is 2.08 bits per heavy atom. The number of hydrogen-bond donors (Lipinski definition) is 1. The second kappa shape index (κ2) is 8.21. The van der Waals surface area contributed by atoms with Crippen LogP contribution in [-0.4, -0.2) is 35.5 Å². The van der Waals surface area contributed by atoms with E-state index in [4.69, 9.17) is 10.5 Å². The Morgan fingerprint density at radius 3 is 2.64 bits per heavy atom. The first kappa shape index (κ1) is 19.8. The van der Waals surface area contributed by atoms with Crippen molar-refractivity contribution in [2.75, 3.05) is 25.3 Å². The van der Waals surface area contributed by atoms with Crippen LogP contribution in [0.5, 0.6) is 5.75 Å². The molecular weight excluding hydrogens is 515 g/mol. The summed E-state index contributed by atoms with van der Waals surface area (Å²) in [5.74, 6) is -2.04. The van der Waals surface area contributed by atoms with Crippen molar-refractivity contribution < 1.29 is 23.0 Å². The fraction of sp³-hybridized carbons (Fsp3) is 0.267. The molecule has 10 heteroatoms. The molecule has 1 heterocycles. The van der Waals surface area contributed by atoms with Crippen LogP contribution in [0.4, 0.5) is 14.6 Å². The number of ether oxygens (including phenoxy) is 2. The molecule has 0 aliphatic rings. The summed E-state index contributed by atoms with van der Waals surface area (Å²) in [7, 11) is 2.45. The summed E-state index contributed by atoms with van der Waals surface area (Å²) in [6.07, 6.45) is -1.63. The molecule has 0 fully saturated rings. The lowest BCUT2D eigenvalue weighted by molar-refractivity contribution is 0.0590. The predicted octanol–water partition coefficient (Wildman–Crippen LogP) is 3.67. The number of nitrogen functional groups attached to an aromatic ring is 1. The smallest absolute Gasteiger partial charge is 0.357 e. The predicted molar refractivity (Wildman–Crippen MR) is 100 cm³/mol. The van der Waals surface area contributed by atoms with Crippen molar-refractivity contribution in [3.8, 4) is 17.1 Å². The Morgan fingerprint density at radius 1 is 1.40 bits per heavy atom. The summed E-state index contributed by atoms with van der Waals surface area (Å²) in [5, 5.41) is -0.115. The SMILES string of the molecule is COC(=O)c1nc(-c2ccc(I)c(OC)c2F)nc(N)c1C(F)CBr. The number of hydrogen-bond acceptors (Lipinski definition) is 6. The summed E-state index contributed by atoms with van der Waals surface area (Å²) in [6.45, 7) is 0. The molecule has 0 saturated carbocycles. The van der Waals surface area contributed by atoms with Crippen LogP contribution in [0.15, 0.2) is 12.1 Å². The maximum Gasteiger partial charge on any atom is 0.357 e. The molecule has 0 radical (unpaired) electrons. The van der Waals surface area contributed by atoms with Gasteiger partial charge < -0.3 is 15.2 Å². The molecule has 2 N–H and O–H groups in total. The topological polar surface area (TPSA) is 87.3 Å². The van der Waals surface area contributed by atoms with Crippen LogP contribution >= 0.6 is 38.5 Å². The Balaban J connectivity index is 2.73. The Labute approximate surface area is 164 Å². The summed E-state index contributed by atoms with van der Waals surface area (Å²) < 4.78 is 39.0. The monoisotopic (exact) mass is 527 g/mol. The minimum Gasteiger partial charge on any atom is -0.493 e. The van der Waals surface area contributed by atoms with E-state index in [0.29, 0.717) is 3.57 Å². The van der Waals surface area contributed by atoms with Crippen molar-refractivity contribution in [1.82, 2.24) is 9.97 Å². The van der Waals surface area contributed by atoms with Crippen LogP contribution in [0.25, 0.3) is 11.4 Å². The number of rotatable bonds is 5. The second-order valence-corrected chi connectivity index (χ2v) is 6.56. The third kappa shape index (κ3) is 3.84. The molecule has 0 saturated heterocycles. The van der Waals surface area contributed by atoms with E-state index in [1.165, 1.54) is 13.2 Å². The van der Waals surface area contributed by atoms with Gasteiger partial charge in [-0.05, 0) is 34.7 Å². The standard InChI is InChI=1S/C15H13BrF2IN3O3/c1-24-12-8(19)4-3-6(10(12)18)14-21-11(15(23)25-2)9(7(17)5-16)13(20)22-14/h3-4,7H,5H2,1-2H3,(H2,20,21,22). The van der Waals surface area contributed by atoms with Crippen LogP contribution in [0.1, 0.15) is 22.2 Å². The molecule has 25 heavy (non-hydrogen) atoms. The highest BCUT2D eigenvalue weighted by Crippen LogP contribution is 2.34. The van der Waals surface area contributed by atoms with Crippen LogP contribution in [0.2, 0.25) is 0 Å². The van der Waals surface area contributed by atoms with Crippen LogP contribution in [0, 0.1) is 9.39 Å². The third-order valence-electron chi connectivity index (χ3n) is 3.30. The molecule has 0 amide bonds. The van der Waals surface area contributed by atoms with E-state index < -0.39 is 18.0 Å². The van der Waals surface area contributed by atoms with E-state index in [1.807, 2.05) is 22.6 Å². The summed E-state index contributed by atoms with van der Waals surface area (Å²) in [6, 6.07) is 3.02. The van der Waals surface area contributed by atoms with E-state index in [1.54, 1.807) is 6.07 Å². The van der Waals surface area contributed by atoms with Gasteiger partial charge in [-0.1, -0.05) is 15.9 Å². The second-order valence-electron chi connectivity index (χ2n) is 4.75. The van der Waals surface area contributed by atoms with Crippen molar-refractivity contribution in [2.24, 2.45) is 0 Å². The molecule has 1 aromatic carbocycles. The molecule has 0 aliphatic carbocycles. The van der Waals surface area contributed by atoms with Gasteiger partial charge in [0.15, 0.2) is 23.1 Å². The number of carbonyl (C=O) groups excluding carboxylic acids is 1. The molecular formula is C15H13BrF2IN3O3. The van der Waals surface area contributed by atoms with Crippen molar-refractivity contribution in [2.45, 2.75) is 6.17 Å². The average molecular weight is 528 g/mol. The molecule has 1 atom stereocenters. The summed E-state index contributed by atoms with van der Waals surface area (Å²) in [4.78, 5) is 19.9. The largest absolute Gasteiger partial charge is 0.493 e. The fourth-order valence-corrected chi connectivity index (χ4v) is 3.10. The maximum atomic E-state index is 14.6. The van der Waals surface area contributed by atoms with E-state index in [2.05, 4.69) is 30.6 Å². The van der Waals surface area contributed by atoms with Crippen molar-refractivity contribution >= 4 is 50.3 Å². The first-order valence-electron chi connectivity index (χ1n) is 6.83. The Bertz CT molecular complexity index is 823. The number of alkyl halides is 2. The minimum absolute atomic E-state index is 0.00722. The molecule has 134 valence electrons. The molecule has 0 aliphatic heterocycles. The number of benzene rings is 1. The Hall–Kier alpha value is -1.56. The van der Waals surface area contributed by atoms with Crippen LogP contribution in [0.3, 0.4) is 0 Å². The summed E-state index contributed by atoms with van der Waals surface area (Å²) >= 11 is 4.89. The minimum atomic E-state index is -1.63. The number of carbonyl (C=O) groups is 1. The molecule has 1 aromatic heterocycles. The van der Waals surface area contributed by atoms with E-state index in [-0.39, 0.29) is 39.5 Å². The lowest BCUT2D eigenvalue weighted by Crippen LogP contribution is -2.16. The normalized spacial score (nSPS) is 11.9. The quantitative estimate of drug-likeness (QED) is 0.363. The number of halogens is 4. The molecule has 2 rings (SSSR count). The van der Waals surface area contributed by atoms with Gasteiger partial charge in [0.25, 0.3) is 0 Å². The van der Waals surface area contributed by atoms with Gasteiger partial charge in [-0.2, -0.15) is 0 Å². The van der Waals surface area contributed by atoms with E-state index in [9.17, 15) is 13.6 Å². The fourth-order valence-electron chi connectivity index (χ4n) is 2.14. The van der Waals surface area contributed by atoms with Crippen LogP contribution in [-0.2, 0) is 4.74 Å². The van der Waals surface area contributed by atoms with Gasteiger partial charge in [0.1, 0.15) is 12.0 Å². The number of esters is 1. The Kier molecular flexibility index (Phi) is 6.49. The number of aromatic nitrogens is 2. The number of nitrogens with two attached hydrogens (primary N) is 1. The van der Waals surface area contributed by atoms with Gasteiger partial charge in [0.05, 0.1) is 28.9 Å². The zero-order chi connectivity index (χ0) is 18.7. The first-order chi connectivity index (χ1) is 11.8. The zero-order valence-corrected chi connectivity index (χ0v) is 16.9. The third-order valence-corrected chi connectivity index (χ3v) is 4.71. The van der Waals surface area contributed by atoms with Gasteiger partial charge in [-0.15, -0.1) is 0 Å². The van der Waals surface area contributed by atoms with Crippen molar-refractivity contribution in [3.63, 3.8) is 0 Å². The highest BCUT2D eigenvalue weighted by molar-refractivity contribution is 14.1. The molecule has 1 unspecified atom stereocenters. The van der Waals surface area contributed by atoms with Crippen molar-refractivity contribution in [1.29, 1.82) is 0 Å². The van der Waals surface area contributed by atoms with Gasteiger partial charge in [0.2, 0.25) is 0 Å². The van der Waals surface area contributed by atoms with Crippen LogP contribution < -0.4 is 10.5 Å². The lowest BCUT2D eigenvalue weighted by Gasteiger charge is -2.14. The lowest BCUT2D eigenvalue weighted by atomic mass is 10.1. The summed E-state index contributed by atoms with van der Waals surface area (Å²) in [5.41, 5.74) is 5.22. The number of anilines is 1. The zero-order valence-electron chi connectivity index (χ0n) is 13.1. The average Bonchev–Trinajstić information content (AvgIpc) is 2.60. The maximum absolute atomic E-state index is 14.6. The highest BCUT2D eigenvalue weighted by atomic mass is 127.